The Morgan fingerprint density at radius 1 is 1.30 bits per heavy atom. The number of rotatable bonds is 4. The van der Waals surface area contributed by atoms with E-state index in [1.165, 1.54) is 18.4 Å². The molecule has 0 saturated carbocycles. The van der Waals surface area contributed by atoms with Crippen LogP contribution in [-0.2, 0) is 13.0 Å². The van der Waals surface area contributed by atoms with Crippen LogP contribution in [0.3, 0.4) is 0 Å². The van der Waals surface area contributed by atoms with Crippen LogP contribution in [0, 0.1) is 0 Å². The van der Waals surface area contributed by atoms with E-state index in [2.05, 4.69) is 0 Å². The molecule has 0 amide bonds. The Hall–Kier alpha value is -2.93. The van der Waals surface area contributed by atoms with Crippen molar-refractivity contribution in [1.82, 2.24) is 4.57 Å². The number of carboxylic acids is 1. The Balaban J connectivity index is 2.02. The van der Waals surface area contributed by atoms with Gasteiger partial charge in [-0.3, -0.25) is 0 Å². The minimum Gasteiger partial charge on any atom is -0.496 e. The van der Waals surface area contributed by atoms with E-state index in [4.69, 9.17) is 4.74 Å². The quantitative estimate of drug-likeness (QED) is 0.654. The third-order valence-corrected chi connectivity index (χ3v) is 5.59. The number of ether oxygens (including phenoxy) is 1. The molecule has 0 radical (unpaired) electrons. The van der Waals surface area contributed by atoms with Gasteiger partial charge in [-0.15, -0.1) is 11.3 Å². The number of hydrogen-bond donors (Lipinski definition) is 1. The number of fused-ring (bicyclic) bond motifs is 3. The van der Waals surface area contributed by atoms with Crippen molar-refractivity contribution < 1.29 is 23.4 Å². The fourth-order valence-corrected chi connectivity index (χ4v) is 4.32. The normalized spacial score (nSPS) is 12.3. The van der Waals surface area contributed by atoms with E-state index in [0.29, 0.717) is 18.7 Å². The number of halogens is 2. The molecule has 138 valence electrons. The fourth-order valence-electron chi connectivity index (χ4n) is 3.57. The summed E-state index contributed by atoms with van der Waals surface area (Å²) < 4.78 is 32.8. The van der Waals surface area contributed by atoms with Crippen molar-refractivity contribution in [3.63, 3.8) is 0 Å². The number of thiophene rings is 1. The molecule has 0 aliphatic carbocycles. The summed E-state index contributed by atoms with van der Waals surface area (Å²) in [6, 6.07) is 8.90. The van der Waals surface area contributed by atoms with Crippen molar-refractivity contribution in [3.05, 3.63) is 58.6 Å². The van der Waals surface area contributed by atoms with Gasteiger partial charge in [0.25, 0.3) is 6.08 Å². The maximum Gasteiger partial charge on any atom is 0.352 e. The minimum absolute atomic E-state index is 0.198. The van der Waals surface area contributed by atoms with Crippen LogP contribution < -0.4 is 4.74 Å². The van der Waals surface area contributed by atoms with E-state index in [1.807, 2.05) is 17.5 Å². The molecule has 2 aromatic heterocycles. The summed E-state index contributed by atoms with van der Waals surface area (Å²) in [6.07, 6.45) is -0.451. The van der Waals surface area contributed by atoms with Gasteiger partial charge in [0.05, 0.1) is 12.8 Å². The second kappa shape index (κ2) is 6.66. The Morgan fingerprint density at radius 2 is 2.11 bits per heavy atom. The first-order valence-electron chi connectivity index (χ1n) is 8.24. The number of carboxylic acid groups (broad SMARTS) is 1. The number of aromatic nitrogens is 1. The lowest BCUT2D eigenvalue weighted by Crippen LogP contribution is -2.16. The maximum atomic E-state index is 12.9. The molecule has 0 saturated heterocycles. The highest BCUT2D eigenvalue weighted by Gasteiger charge is 2.27. The van der Waals surface area contributed by atoms with Crippen LogP contribution in [0.5, 0.6) is 5.75 Å². The van der Waals surface area contributed by atoms with Gasteiger partial charge in [0.1, 0.15) is 11.4 Å². The van der Waals surface area contributed by atoms with Crippen LogP contribution in [0.4, 0.5) is 8.78 Å². The highest BCUT2D eigenvalue weighted by molar-refractivity contribution is 7.13. The summed E-state index contributed by atoms with van der Waals surface area (Å²) in [5.41, 5.74) is 3.70. The molecule has 27 heavy (non-hydrogen) atoms. The first-order valence-corrected chi connectivity index (χ1v) is 9.12. The SMILES string of the molecule is COc1cc2c(cc1C=C(F)F)-c1c(-c3cccs3)cc(C(=O)O)n1CC2. The van der Waals surface area contributed by atoms with E-state index < -0.39 is 12.0 Å². The van der Waals surface area contributed by atoms with Gasteiger partial charge in [0.15, 0.2) is 0 Å². The molecule has 0 bridgehead atoms. The Labute approximate surface area is 157 Å². The van der Waals surface area contributed by atoms with Crippen molar-refractivity contribution >= 4 is 23.4 Å². The van der Waals surface area contributed by atoms with Gasteiger partial charge in [-0.05, 0) is 41.6 Å². The zero-order chi connectivity index (χ0) is 19.1. The molecule has 4 rings (SSSR count). The van der Waals surface area contributed by atoms with Gasteiger partial charge in [0.2, 0.25) is 0 Å². The summed E-state index contributed by atoms with van der Waals surface area (Å²) in [7, 11) is 1.44. The minimum atomic E-state index is -1.82. The Kier molecular flexibility index (Phi) is 4.31. The molecule has 0 atom stereocenters. The molecule has 0 fully saturated rings. The lowest BCUT2D eigenvalue weighted by atomic mass is 9.93. The van der Waals surface area contributed by atoms with Gasteiger partial charge in [-0.1, -0.05) is 6.07 Å². The standard InChI is InChI=1S/C20H15F2NO3S/c1-26-16-8-11-4-5-23-15(20(24)25)10-14(17-3-2-6-27-17)19(23)13(11)7-12(16)9-18(21)22/h2-3,6-10H,4-5H2,1H3,(H,24,25). The largest absolute Gasteiger partial charge is 0.496 e. The van der Waals surface area contributed by atoms with Crippen LogP contribution >= 0.6 is 11.3 Å². The van der Waals surface area contributed by atoms with Crippen LogP contribution in [0.15, 0.2) is 41.8 Å². The van der Waals surface area contributed by atoms with Gasteiger partial charge >= 0.3 is 5.97 Å². The van der Waals surface area contributed by atoms with Gasteiger partial charge in [-0.2, -0.15) is 8.78 Å². The van der Waals surface area contributed by atoms with Crippen molar-refractivity contribution in [2.24, 2.45) is 0 Å². The summed E-state index contributed by atoms with van der Waals surface area (Å²) in [5, 5.41) is 11.5. The molecule has 3 aromatic rings. The molecule has 1 N–H and O–H groups in total. The van der Waals surface area contributed by atoms with Crippen LogP contribution in [0.25, 0.3) is 27.8 Å². The number of aryl methyl sites for hydroxylation is 1. The number of nitrogens with zero attached hydrogens (tertiary/aromatic N) is 1. The molecular weight excluding hydrogens is 372 g/mol. The topological polar surface area (TPSA) is 51.5 Å². The smallest absolute Gasteiger partial charge is 0.352 e. The molecule has 3 heterocycles. The first kappa shape index (κ1) is 17.5. The molecule has 1 aromatic carbocycles. The summed E-state index contributed by atoms with van der Waals surface area (Å²) in [6.45, 7) is 0.505. The average Bonchev–Trinajstić information content (AvgIpc) is 3.28. The summed E-state index contributed by atoms with van der Waals surface area (Å²) in [5.74, 6) is -0.636. The third kappa shape index (κ3) is 2.94. The van der Waals surface area contributed by atoms with Crippen molar-refractivity contribution in [3.8, 4) is 27.4 Å². The van der Waals surface area contributed by atoms with Gasteiger partial charge in [-0.25, -0.2) is 4.79 Å². The van der Waals surface area contributed by atoms with Crippen LogP contribution in [0.2, 0.25) is 0 Å². The Bertz CT molecular complexity index is 1060. The molecule has 1 aliphatic rings. The maximum absolute atomic E-state index is 12.9. The second-order valence-electron chi connectivity index (χ2n) is 6.16. The number of methoxy groups -OCH3 is 1. The molecule has 1 aliphatic heterocycles. The zero-order valence-corrected chi connectivity index (χ0v) is 15.1. The predicted octanol–water partition coefficient (Wildman–Crippen LogP) is 5.38. The lowest BCUT2D eigenvalue weighted by molar-refractivity contribution is 0.0685. The number of aromatic carboxylic acids is 1. The highest BCUT2D eigenvalue weighted by atomic mass is 32.1. The lowest BCUT2D eigenvalue weighted by Gasteiger charge is -2.23. The van der Waals surface area contributed by atoms with E-state index in [-0.39, 0.29) is 11.3 Å². The van der Waals surface area contributed by atoms with Crippen LogP contribution in [0.1, 0.15) is 21.6 Å². The summed E-state index contributed by atoms with van der Waals surface area (Å²) in [4.78, 5) is 12.7. The Morgan fingerprint density at radius 3 is 2.74 bits per heavy atom. The monoisotopic (exact) mass is 387 g/mol. The van der Waals surface area contributed by atoms with Crippen molar-refractivity contribution in [1.29, 1.82) is 0 Å². The van der Waals surface area contributed by atoms with Crippen molar-refractivity contribution in [2.45, 2.75) is 13.0 Å². The zero-order valence-electron chi connectivity index (χ0n) is 14.3. The first-order chi connectivity index (χ1) is 13.0. The van der Waals surface area contributed by atoms with E-state index in [1.54, 1.807) is 22.8 Å². The van der Waals surface area contributed by atoms with Crippen molar-refractivity contribution in [2.75, 3.05) is 7.11 Å². The fraction of sp³-hybridized carbons (Fsp3) is 0.150. The molecular formula is C20H15F2NO3S. The average molecular weight is 387 g/mol. The predicted molar refractivity (Wildman–Crippen MR) is 101 cm³/mol. The van der Waals surface area contributed by atoms with Gasteiger partial charge < -0.3 is 14.4 Å². The van der Waals surface area contributed by atoms with E-state index in [9.17, 15) is 18.7 Å². The van der Waals surface area contributed by atoms with Crippen LogP contribution in [-0.4, -0.2) is 22.8 Å². The van der Waals surface area contributed by atoms with Gasteiger partial charge in [0, 0.05) is 34.2 Å². The van der Waals surface area contributed by atoms with E-state index >= 15 is 0 Å². The molecule has 0 unspecified atom stereocenters. The van der Waals surface area contributed by atoms with E-state index in [0.717, 1.165) is 33.3 Å². The number of benzene rings is 1. The summed E-state index contributed by atoms with van der Waals surface area (Å²) >= 11 is 1.51. The third-order valence-electron chi connectivity index (χ3n) is 4.68. The number of carbonyl (C=O) groups is 1. The number of hydrogen-bond acceptors (Lipinski definition) is 3. The highest BCUT2D eigenvalue weighted by Crippen LogP contribution is 2.43. The second-order valence-corrected chi connectivity index (χ2v) is 7.11. The molecule has 0 spiro atoms. The molecule has 4 nitrogen and oxygen atoms in total. The molecule has 7 heteroatoms.